The first-order valence-corrected chi connectivity index (χ1v) is 9.39. The van der Waals surface area contributed by atoms with E-state index >= 15 is 0 Å². The summed E-state index contributed by atoms with van der Waals surface area (Å²) in [6, 6.07) is 3.32. The van der Waals surface area contributed by atoms with Gasteiger partial charge >= 0.3 is 0 Å². The molecule has 2 rings (SSSR count). The average molecular weight is 379 g/mol. The third kappa shape index (κ3) is 4.25. The van der Waals surface area contributed by atoms with Crippen LogP contribution in [0.3, 0.4) is 0 Å². The molecule has 0 heterocycles. The summed E-state index contributed by atoms with van der Waals surface area (Å²) < 4.78 is 41.2. The van der Waals surface area contributed by atoms with Crippen LogP contribution in [-0.2, 0) is 10.0 Å². The van der Waals surface area contributed by atoms with Crippen LogP contribution in [0.4, 0.5) is 4.39 Å². The zero-order valence-corrected chi connectivity index (χ0v) is 14.1. The minimum atomic E-state index is -3.79. The van der Waals surface area contributed by atoms with E-state index in [4.69, 9.17) is 5.73 Å². The Morgan fingerprint density at radius 3 is 2.62 bits per heavy atom. The van der Waals surface area contributed by atoms with Crippen molar-refractivity contribution in [2.24, 2.45) is 11.7 Å². The maximum Gasteiger partial charge on any atom is 0.242 e. The molecule has 0 amide bonds. The second-order valence-electron chi connectivity index (χ2n) is 5.44. The number of nitrogens with two attached hydrogens (primary N) is 1. The molecule has 7 heteroatoms. The maximum atomic E-state index is 13.3. The Hall–Kier alpha value is -0.500. The van der Waals surface area contributed by atoms with E-state index in [1.165, 1.54) is 18.6 Å². The lowest BCUT2D eigenvalue weighted by molar-refractivity contribution is 0.294. The fourth-order valence-electron chi connectivity index (χ4n) is 2.82. The van der Waals surface area contributed by atoms with Gasteiger partial charge in [0, 0.05) is 17.1 Å². The molecule has 0 aromatic heterocycles. The largest absolute Gasteiger partial charge is 0.329 e. The molecule has 118 valence electrons. The van der Waals surface area contributed by atoms with Crippen LogP contribution in [0.25, 0.3) is 0 Å². The molecule has 0 bridgehead atoms. The number of sulfonamides is 1. The molecule has 1 atom stereocenters. The number of nitrogens with one attached hydrogen (secondary N) is 1. The molecule has 1 aromatic carbocycles. The van der Waals surface area contributed by atoms with E-state index in [2.05, 4.69) is 20.7 Å². The Balaban J connectivity index is 2.20. The Bertz CT molecular complexity index is 589. The number of hydrogen-bond acceptors (Lipinski definition) is 3. The molecule has 1 unspecified atom stereocenters. The third-order valence-electron chi connectivity index (χ3n) is 3.96. The molecular formula is C14H20BrFN2O2S. The molecule has 0 saturated heterocycles. The topological polar surface area (TPSA) is 72.2 Å². The van der Waals surface area contributed by atoms with Gasteiger partial charge in [0.2, 0.25) is 10.0 Å². The molecule has 0 aliphatic heterocycles. The van der Waals surface area contributed by atoms with E-state index < -0.39 is 15.8 Å². The summed E-state index contributed by atoms with van der Waals surface area (Å²) in [6.45, 7) is 0.247. The number of benzene rings is 1. The van der Waals surface area contributed by atoms with Crippen LogP contribution in [0, 0.1) is 11.7 Å². The number of rotatable bonds is 5. The van der Waals surface area contributed by atoms with Crippen molar-refractivity contribution in [2.75, 3.05) is 6.54 Å². The number of hydrogen-bond donors (Lipinski definition) is 2. The predicted octanol–water partition coefficient (Wildman–Crippen LogP) is 2.77. The van der Waals surface area contributed by atoms with Gasteiger partial charge in [-0.15, -0.1) is 0 Å². The van der Waals surface area contributed by atoms with Crippen molar-refractivity contribution in [2.45, 2.75) is 43.0 Å². The molecule has 3 N–H and O–H groups in total. The molecule has 1 aliphatic carbocycles. The zero-order valence-electron chi connectivity index (χ0n) is 11.7. The van der Waals surface area contributed by atoms with Gasteiger partial charge in [-0.1, -0.05) is 19.3 Å². The van der Waals surface area contributed by atoms with Gasteiger partial charge < -0.3 is 5.73 Å². The summed E-state index contributed by atoms with van der Waals surface area (Å²) in [5.41, 5.74) is 5.74. The van der Waals surface area contributed by atoms with Crippen molar-refractivity contribution in [1.29, 1.82) is 0 Å². The normalized spacial score (nSPS) is 18.6. The first-order valence-electron chi connectivity index (χ1n) is 7.11. The molecule has 1 aromatic rings. The van der Waals surface area contributed by atoms with Crippen LogP contribution >= 0.6 is 15.9 Å². The smallest absolute Gasteiger partial charge is 0.242 e. The van der Waals surface area contributed by atoms with Gasteiger partial charge in [-0.05, 0) is 52.9 Å². The molecule has 0 spiro atoms. The highest BCUT2D eigenvalue weighted by molar-refractivity contribution is 9.10. The lowest BCUT2D eigenvalue weighted by Crippen LogP contribution is -2.45. The molecule has 0 radical (unpaired) electrons. The van der Waals surface area contributed by atoms with Crippen molar-refractivity contribution in [3.8, 4) is 0 Å². The number of halogens is 2. The van der Waals surface area contributed by atoms with Crippen molar-refractivity contribution in [3.63, 3.8) is 0 Å². The van der Waals surface area contributed by atoms with Gasteiger partial charge in [0.15, 0.2) is 0 Å². The van der Waals surface area contributed by atoms with Crippen molar-refractivity contribution < 1.29 is 12.8 Å². The van der Waals surface area contributed by atoms with E-state index in [0.717, 1.165) is 31.7 Å². The molecule has 21 heavy (non-hydrogen) atoms. The van der Waals surface area contributed by atoms with E-state index in [9.17, 15) is 12.8 Å². The first kappa shape index (κ1) is 16.9. The fourth-order valence-corrected chi connectivity index (χ4v) is 5.11. The van der Waals surface area contributed by atoms with Gasteiger partial charge in [-0.3, -0.25) is 0 Å². The zero-order chi connectivity index (χ0) is 15.5. The Labute approximate surface area is 133 Å². The van der Waals surface area contributed by atoms with Crippen LogP contribution in [0.5, 0.6) is 0 Å². The highest BCUT2D eigenvalue weighted by Gasteiger charge is 2.28. The summed E-state index contributed by atoms with van der Waals surface area (Å²) >= 11 is 3.16. The summed E-state index contributed by atoms with van der Waals surface area (Å²) in [5.74, 6) is -0.327. The highest BCUT2D eigenvalue weighted by atomic mass is 79.9. The summed E-state index contributed by atoms with van der Waals surface area (Å²) in [7, 11) is -3.79. The van der Waals surface area contributed by atoms with Crippen LogP contribution in [0.1, 0.15) is 32.1 Å². The summed E-state index contributed by atoms with van der Waals surface area (Å²) in [4.78, 5) is -0.0863. The molecule has 4 nitrogen and oxygen atoms in total. The quantitative estimate of drug-likeness (QED) is 0.827. The Morgan fingerprint density at radius 1 is 1.33 bits per heavy atom. The summed E-state index contributed by atoms with van der Waals surface area (Å²) in [6.07, 6.45) is 5.36. The van der Waals surface area contributed by atoms with Crippen LogP contribution < -0.4 is 10.5 Å². The molecule has 1 fully saturated rings. The Kier molecular flexibility index (Phi) is 5.76. The van der Waals surface area contributed by atoms with E-state index in [-0.39, 0.29) is 23.4 Å². The fraction of sp³-hybridized carbons (Fsp3) is 0.571. The minimum absolute atomic E-state index is 0.0863. The van der Waals surface area contributed by atoms with Crippen molar-refractivity contribution >= 4 is 26.0 Å². The van der Waals surface area contributed by atoms with E-state index in [1.54, 1.807) is 0 Å². The molecule has 1 saturated carbocycles. The standard InChI is InChI=1S/C14H20BrFN2O2S/c15-12-7-6-11(16)8-14(12)21(19,20)18-13(9-17)10-4-2-1-3-5-10/h6-8,10,13,18H,1-5,9,17H2. The lowest BCUT2D eigenvalue weighted by Gasteiger charge is -2.30. The first-order chi connectivity index (χ1) is 9.94. The second kappa shape index (κ2) is 7.17. The van der Waals surface area contributed by atoms with E-state index in [1.807, 2.05) is 0 Å². The van der Waals surface area contributed by atoms with Crippen LogP contribution in [0.15, 0.2) is 27.6 Å². The molecular weight excluding hydrogens is 359 g/mol. The van der Waals surface area contributed by atoms with Gasteiger partial charge in [-0.2, -0.15) is 0 Å². The van der Waals surface area contributed by atoms with Crippen molar-refractivity contribution in [1.82, 2.24) is 4.72 Å². The van der Waals surface area contributed by atoms with Gasteiger partial charge in [0.05, 0.1) is 4.90 Å². The SMILES string of the molecule is NCC(NS(=O)(=O)c1cc(F)ccc1Br)C1CCCCC1. The van der Waals surface area contributed by atoms with E-state index in [0.29, 0.717) is 4.47 Å². The van der Waals surface area contributed by atoms with Gasteiger partial charge in [0.25, 0.3) is 0 Å². The van der Waals surface area contributed by atoms with Gasteiger partial charge in [-0.25, -0.2) is 17.5 Å². The minimum Gasteiger partial charge on any atom is -0.329 e. The average Bonchev–Trinajstić information content (AvgIpc) is 2.48. The predicted molar refractivity (Wildman–Crippen MR) is 83.8 cm³/mol. The van der Waals surface area contributed by atoms with Crippen molar-refractivity contribution in [3.05, 3.63) is 28.5 Å². The second-order valence-corrected chi connectivity index (χ2v) is 7.97. The van der Waals surface area contributed by atoms with Gasteiger partial charge in [0.1, 0.15) is 5.82 Å². The van der Waals surface area contributed by atoms with Crippen LogP contribution in [-0.4, -0.2) is 21.0 Å². The third-order valence-corrected chi connectivity index (χ3v) is 6.45. The Morgan fingerprint density at radius 2 is 2.00 bits per heavy atom. The maximum absolute atomic E-state index is 13.3. The van der Waals surface area contributed by atoms with Crippen LogP contribution in [0.2, 0.25) is 0 Å². The highest BCUT2D eigenvalue weighted by Crippen LogP contribution is 2.28. The monoisotopic (exact) mass is 378 g/mol. The molecule has 1 aliphatic rings. The lowest BCUT2D eigenvalue weighted by atomic mass is 9.84. The summed E-state index contributed by atoms with van der Waals surface area (Å²) in [5, 5.41) is 0.